The number of carboxylic acid groups (broad SMARTS) is 1. The zero-order chi connectivity index (χ0) is 16.9. The zero-order valence-electron chi connectivity index (χ0n) is 12.5. The number of rotatable bonds is 8. The number of Topliss-reactive ketones (excluding diaryl/α,β-unsaturated/α-hetero) is 2. The largest absolute Gasteiger partial charge is 0.481 e. The molecule has 6 heteroatoms. The van der Waals surface area contributed by atoms with Crippen LogP contribution in [0.2, 0.25) is 0 Å². The molecule has 0 aliphatic carbocycles. The molecule has 0 aliphatic rings. The van der Waals surface area contributed by atoms with Crippen molar-refractivity contribution in [2.24, 2.45) is 17.6 Å². The second-order valence-corrected chi connectivity index (χ2v) is 5.20. The lowest BCUT2D eigenvalue weighted by Gasteiger charge is -2.19. The van der Waals surface area contributed by atoms with Crippen LogP contribution in [0.25, 0.3) is 0 Å². The van der Waals surface area contributed by atoms with Crippen molar-refractivity contribution in [1.29, 1.82) is 0 Å². The van der Waals surface area contributed by atoms with Crippen molar-refractivity contribution in [3.05, 3.63) is 35.4 Å². The first-order valence-electron chi connectivity index (χ1n) is 6.91. The van der Waals surface area contributed by atoms with Gasteiger partial charge >= 0.3 is 5.97 Å². The lowest BCUT2D eigenvalue weighted by Crippen LogP contribution is -2.30. The highest BCUT2D eigenvalue weighted by Gasteiger charge is 2.31. The Bertz CT molecular complexity index is 608. The van der Waals surface area contributed by atoms with Gasteiger partial charge in [0.25, 0.3) is 0 Å². The van der Waals surface area contributed by atoms with E-state index >= 15 is 0 Å². The Morgan fingerprint density at radius 3 is 2.14 bits per heavy atom. The number of carboxylic acids is 1. The summed E-state index contributed by atoms with van der Waals surface area (Å²) in [5.74, 6) is -4.36. The van der Waals surface area contributed by atoms with Gasteiger partial charge in [-0.1, -0.05) is 31.2 Å². The van der Waals surface area contributed by atoms with Gasteiger partial charge in [0, 0.05) is 23.5 Å². The number of nitrogens with two attached hydrogens (primary N) is 1. The molecule has 0 spiro atoms. The van der Waals surface area contributed by atoms with Crippen LogP contribution in [0.15, 0.2) is 24.3 Å². The van der Waals surface area contributed by atoms with Crippen LogP contribution in [-0.4, -0.2) is 28.5 Å². The number of aliphatic carboxylic acids is 1. The Morgan fingerprint density at radius 2 is 1.68 bits per heavy atom. The third-order valence-electron chi connectivity index (χ3n) is 3.61. The van der Waals surface area contributed by atoms with Gasteiger partial charge in [0.05, 0.1) is 5.92 Å². The Hall–Kier alpha value is -2.50. The van der Waals surface area contributed by atoms with Crippen molar-refractivity contribution in [2.75, 3.05) is 0 Å². The van der Waals surface area contributed by atoms with Crippen LogP contribution in [0.3, 0.4) is 0 Å². The Labute approximate surface area is 128 Å². The van der Waals surface area contributed by atoms with Gasteiger partial charge < -0.3 is 10.8 Å². The molecule has 1 amide bonds. The SMILES string of the molecule is CC(=O)c1ccccc1C(=O)C(C)C(CCC(N)=O)C(=O)O. The summed E-state index contributed by atoms with van der Waals surface area (Å²) in [6, 6.07) is 6.29. The van der Waals surface area contributed by atoms with Crippen LogP contribution < -0.4 is 5.73 Å². The fourth-order valence-electron chi connectivity index (χ4n) is 2.32. The van der Waals surface area contributed by atoms with E-state index < -0.39 is 29.5 Å². The molecule has 2 atom stereocenters. The molecule has 0 saturated heterocycles. The predicted octanol–water partition coefficient (Wildman–Crippen LogP) is 1.67. The number of hydrogen-bond donors (Lipinski definition) is 2. The smallest absolute Gasteiger partial charge is 0.307 e. The molecule has 0 heterocycles. The average molecular weight is 305 g/mol. The Kier molecular flexibility index (Phi) is 5.98. The minimum atomic E-state index is -1.16. The Balaban J connectivity index is 3.06. The lowest BCUT2D eigenvalue weighted by atomic mass is 9.82. The van der Waals surface area contributed by atoms with E-state index in [0.29, 0.717) is 0 Å². The number of carbonyl (C=O) groups excluding carboxylic acids is 3. The van der Waals surface area contributed by atoms with Crippen LogP contribution >= 0.6 is 0 Å². The zero-order valence-corrected chi connectivity index (χ0v) is 12.5. The van der Waals surface area contributed by atoms with Crippen LogP contribution in [0.5, 0.6) is 0 Å². The minimum Gasteiger partial charge on any atom is -0.481 e. The van der Waals surface area contributed by atoms with Crippen LogP contribution in [0, 0.1) is 11.8 Å². The van der Waals surface area contributed by atoms with Gasteiger partial charge in [-0.2, -0.15) is 0 Å². The molecule has 1 aromatic rings. The molecule has 0 saturated carbocycles. The molecule has 118 valence electrons. The lowest BCUT2D eigenvalue weighted by molar-refractivity contribution is -0.143. The van der Waals surface area contributed by atoms with E-state index in [0.717, 1.165) is 0 Å². The van der Waals surface area contributed by atoms with Crippen molar-refractivity contribution >= 4 is 23.4 Å². The fraction of sp³-hybridized carbons (Fsp3) is 0.375. The highest BCUT2D eigenvalue weighted by molar-refractivity contribution is 6.09. The van der Waals surface area contributed by atoms with Gasteiger partial charge in [-0.3, -0.25) is 19.2 Å². The minimum absolute atomic E-state index is 0.0141. The standard InChI is InChI=1S/C16H19NO5/c1-9(11(16(21)22)7-8-14(17)19)15(20)13-6-4-3-5-12(13)10(2)18/h3-6,9,11H,7-8H2,1-2H3,(H2,17,19)(H,21,22). The number of hydrogen-bond acceptors (Lipinski definition) is 4. The van der Waals surface area contributed by atoms with Crippen LogP contribution in [0.4, 0.5) is 0 Å². The molecule has 2 unspecified atom stereocenters. The van der Waals surface area contributed by atoms with E-state index in [4.69, 9.17) is 5.73 Å². The molecule has 6 nitrogen and oxygen atoms in total. The summed E-state index contributed by atoms with van der Waals surface area (Å²) >= 11 is 0. The molecular formula is C16H19NO5. The summed E-state index contributed by atoms with van der Waals surface area (Å²) in [6.07, 6.45) is -0.122. The van der Waals surface area contributed by atoms with E-state index in [1.54, 1.807) is 12.1 Å². The first kappa shape index (κ1) is 17.6. The van der Waals surface area contributed by atoms with Gasteiger partial charge in [-0.25, -0.2) is 0 Å². The number of carbonyl (C=O) groups is 4. The molecular weight excluding hydrogens is 286 g/mol. The topological polar surface area (TPSA) is 115 Å². The van der Waals surface area contributed by atoms with Gasteiger partial charge in [0.15, 0.2) is 11.6 Å². The van der Waals surface area contributed by atoms with E-state index in [1.165, 1.54) is 26.0 Å². The average Bonchev–Trinajstić information content (AvgIpc) is 2.45. The molecule has 0 bridgehead atoms. The van der Waals surface area contributed by atoms with Crippen molar-refractivity contribution in [3.63, 3.8) is 0 Å². The molecule has 1 rings (SSSR count). The summed E-state index contributed by atoms with van der Waals surface area (Å²) in [5.41, 5.74) is 5.49. The Morgan fingerprint density at radius 1 is 1.14 bits per heavy atom. The fourth-order valence-corrected chi connectivity index (χ4v) is 2.32. The van der Waals surface area contributed by atoms with E-state index in [2.05, 4.69) is 0 Å². The first-order chi connectivity index (χ1) is 10.3. The highest BCUT2D eigenvalue weighted by atomic mass is 16.4. The van der Waals surface area contributed by atoms with Gasteiger partial charge in [0.1, 0.15) is 0 Å². The van der Waals surface area contributed by atoms with E-state index in [1.807, 2.05) is 0 Å². The highest BCUT2D eigenvalue weighted by Crippen LogP contribution is 2.24. The van der Waals surface area contributed by atoms with Crippen LogP contribution in [0.1, 0.15) is 47.4 Å². The van der Waals surface area contributed by atoms with Crippen molar-refractivity contribution in [3.8, 4) is 0 Å². The van der Waals surface area contributed by atoms with Crippen molar-refractivity contribution in [1.82, 2.24) is 0 Å². The molecule has 0 radical (unpaired) electrons. The number of amides is 1. The third kappa shape index (κ3) is 4.25. The maximum absolute atomic E-state index is 12.5. The van der Waals surface area contributed by atoms with E-state index in [9.17, 15) is 24.3 Å². The summed E-state index contributed by atoms with van der Waals surface area (Å²) in [5, 5.41) is 9.26. The second kappa shape index (κ2) is 7.49. The molecule has 22 heavy (non-hydrogen) atoms. The quantitative estimate of drug-likeness (QED) is 0.709. The summed E-state index contributed by atoms with van der Waals surface area (Å²) in [6.45, 7) is 2.83. The number of benzene rings is 1. The normalized spacial score (nSPS) is 13.2. The third-order valence-corrected chi connectivity index (χ3v) is 3.61. The first-order valence-corrected chi connectivity index (χ1v) is 6.91. The maximum atomic E-state index is 12.5. The maximum Gasteiger partial charge on any atom is 0.307 e. The molecule has 3 N–H and O–H groups in total. The predicted molar refractivity (Wildman–Crippen MR) is 79.5 cm³/mol. The van der Waals surface area contributed by atoms with Gasteiger partial charge in [-0.05, 0) is 13.3 Å². The summed E-state index contributed by atoms with van der Waals surface area (Å²) < 4.78 is 0. The molecule has 0 aromatic heterocycles. The second-order valence-electron chi connectivity index (χ2n) is 5.20. The van der Waals surface area contributed by atoms with Crippen molar-refractivity contribution in [2.45, 2.75) is 26.7 Å². The summed E-state index contributed by atoms with van der Waals surface area (Å²) in [7, 11) is 0. The summed E-state index contributed by atoms with van der Waals surface area (Å²) in [4.78, 5) is 46.3. The van der Waals surface area contributed by atoms with Gasteiger partial charge in [-0.15, -0.1) is 0 Å². The monoisotopic (exact) mass is 305 g/mol. The van der Waals surface area contributed by atoms with E-state index in [-0.39, 0.29) is 29.8 Å². The van der Waals surface area contributed by atoms with Gasteiger partial charge in [0.2, 0.25) is 5.91 Å². The molecule has 0 fully saturated rings. The number of primary amides is 1. The van der Waals surface area contributed by atoms with Crippen molar-refractivity contribution < 1.29 is 24.3 Å². The molecule has 1 aromatic carbocycles. The molecule has 0 aliphatic heterocycles. The van der Waals surface area contributed by atoms with Crippen LogP contribution in [-0.2, 0) is 9.59 Å². The number of ketones is 2.